The van der Waals surface area contributed by atoms with Crippen LogP contribution in [0, 0.1) is 6.92 Å². The number of carboxylic acids is 1. The Labute approximate surface area is 125 Å². The van der Waals surface area contributed by atoms with Crippen LogP contribution < -0.4 is 5.73 Å². The molecule has 2 rings (SSSR count). The van der Waals surface area contributed by atoms with Crippen molar-refractivity contribution in [2.45, 2.75) is 46.1 Å². The van der Waals surface area contributed by atoms with Crippen molar-refractivity contribution in [2.75, 3.05) is 6.54 Å². The summed E-state index contributed by atoms with van der Waals surface area (Å²) in [5.41, 5.74) is 9.13. The first kappa shape index (κ1) is 15.6. The van der Waals surface area contributed by atoms with Crippen LogP contribution in [0.4, 0.5) is 0 Å². The number of benzene rings is 1. The number of rotatable bonds is 7. The van der Waals surface area contributed by atoms with Crippen molar-refractivity contribution in [3.63, 3.8) is 0 Å². The van der Waals surface area contributed by atoms with Gasteiger partial charge in [-0.2, -0.15) is 0 Å². The first-order chi connectivity index (χ1) is 10.1. The van der Waals surface area contributed by atoms with Gasteiger partial charge in [-0.25, -0.2) is 4.79 Å². The van der Waals surface area contributed by atoms with Crippen LogP contribution in [0.1, 0.15) is 47.7 Å². The fraction of sp³-hybridized carbons (Fsp3) is 0.471. The third-order valence-corrected chi connectivity index (χ3v) is 3.94. The maximum Gasteiger partial charge on any atom is 0.336 e. The van der Waals surface area contributed by atoms with Gasteiger partial charge >= 0.3 is 5.97 Å². The van der Waals surface area contributed by atoms with Crippen LogP contribution >= 0.6 is 0 Å². The Balaban J connectivity index is 2.54. The largest absolute Gasteiger partial charge is 0.478 e. The van der Waals surface area contributed by atoms with Crippen molar-refractivity contribution in [3.05, 3.63) is 35.0 Å². The Morgan fingerprint density at radius 3 is 2.71 bits per heavy atom. The van der Waals surface area contributed by atoms with E-state index < -0.39 is 5.97 Å². The lowest BCUT2D eigenvalue weighted by atomic mass is 10.0. The minimum atomic E-state index is -0.865. The first-order valence-electron chi connectivity index (χ1n) is 7.64. The summed E-state index contributed by atoms with van der Waals surface area (Å²) >= 11 is 0. The molecule has 2 aromatic rings. The summed E-state index contributed by atoms with van der Waals surface area (Å²) in [5, 5.41) is 10.5. The highest BCUT2D eigenvalue weighted by Crippen LogP contribution is 2.27. The van der Waals surface area contributed by atoms with Gasteiger partial charge in [-0.1, -0.05) is 13.3 Å². The number of aryl methyl sites for hydroxylation is 3. The van der Waals surface area contributed by atoms with Crippen molar-refractivity contribution >= 4 is 16.9 Å². The number of carbonyl (C=O) groups is 1. The molecule has 0 unspecified atom stereocenters. The molecule has 0 atom stereocenters. The molecule has 114 valence electrons. The molecule has 0 aliphatic rings. The van der Waals surface area contributed by atoms with E-state index in [9.17, 15) is 9.90 Å². The zero-order chi connectivity index (χ0) is 15.4. The second-order valence-electron chi connectivity index (χ2n) is 5.58. The Morgan fingerprint density at radius 2 is 2.10 bits per heavy atom. The monoisotopic (exact) mass is 288 g/mol. The summed E-state index contributed by atoms with van der Waals surface area (Å²) < 4.78 is 2.15. The van der Waals surface area contributed by atoms with Crippen molar-refractivity contribution in [1.29, 1.82) is 0 Å². The quantitative estimate of drug-likeness (QED) is 0.821. The van der Waals surface area contributed by atoms with Gasteiger partial charge in [-0.05, 0) is 56.0 Å². The highest BCUT2D eigenvalue weighted by atomic mass is 16.4. The molecule has 0 spiro atoms. The Morgan fingerprint density at radius 1 is 1.33 bits per heavy atom. The SMILES string of the molecule is CCCCc1cn(CCCN)c2cc(C(=O)O)c(C)cc12. The highest BCUT2D eigenvalue weighted by molar-refractivity contribution is 5.96. The number of fused-ring (bicyclic) bond motifs is 1. The molecule has 4 heteroatoms. The Hall–Kier alpha value is -1.81. The molecule has 0 saturated carbocycles. The van der Waals surface area contributed by atoms with E-state index in [4.69, 9.17) is 5.73 Å². The summed E-state index contributed by atoms with van der Waals surface area (Å²) in [7, 11) is 0. The topological polar surface area (TPSA) is 68.2 Å². The summed E-state index contributed by atoms with van der Waals surface area (Å²) in [5.74, 6) is -0.865. The number of aromatic nitrogens is 1. The van der Waals surface area contributed by atoms with Crippen molar-refractivity contribution in [1.82, 2.24) is 4.57 Å². The molecule has 4 nitrogen and oxygen atoms in total. The van der Waals surface area contributed by atoms with E-state index in [2.05, 4.69) is 17.7 Å². The molecule has 3 N–H and O–H groups in total. The van der Waals surface area contributed by atoms with Crippen molar-refractivity contribution in [3.8, 4) is 0 Å². The van der Waals surface area contributed by atoms with E-state index in [1.54, 1.807) is 6.07 Å². The Kier molecular flexibility index (Phi) is 5.02. The average Bonchev–Trinajstić information content (AvgIpc) is 2.78. The minimum Gasteiger partial charge on any atom is -0.478 e. The molecule has 0 aliphatic carbocycles. The number of unbranched alkanes of at least 4 members (excludes halogenated alkanes) is 1. The summed E-state index contributed by atoms with van der Waals surface area (Å²) in [6.45, 7) is 5.52. The number of nitrogens with zero attached hydrogens (tertiary/aromatic N) is 1. The van der Waals surface area contributed by atoms with Gasteiger partial charge in [0.25, 0.3) is 0 Å². The third kappa shape index (κ3) is 3.27. The van der Waals surface area contributed by atoms with E-state index in [-0.39, 0.29) is 0 Å². The van der Waals surface area contributed by atoms with Gasteiger partial charge in [0.2, 0.25) is 0 Å². The molecule has 0 bridgehead atoms. The third-order valence-electron chi connectivity index (χ3n) is 3.94. The van der Waals surface area contributed by atoms with Crippen LogP contribution in [-0.2, 0) is 13.0 Å². The van der Waals surface area contributed by atoms with E-state index >= 15 is 0 Å². The van der Waals surface area contributed by atoms with E-state index in [1.165, 1.54) is 10.9 Å². The molecule has 0 aliphatic heterocycles. The molecule has 0 amide bonds. The van der Waals surface area contributed by atoms with Gasteiger partial charge in [0.1, 0.15) is 0 Å². The normalized spacial score (nSPS) is 11.2. The molecule has 0 fully saturated rings. The molecule has 0 saturated heterocycles. The Bertz CT molecular complexity index is 644. The van der Waals surface area contributed by atoms with Crippen LogP contribution in [0.25, 0.3) is 10.9 Å². The summed E-state index contributed by atoms with van der Waals surface area (Å²) in [6, 6.07) is 3.82. The van der Waals surface area contributed by atoms with Gasteiger partial charge < -0.3 is 15.4 Å². The first-order valence-corrected chi connectivity index (χ1v) is 7.64. The predicted molar refractivity (Wildman–Crippen MR) is 85.9 cm³/mol. The fourth-order valence-corrected chi connectivity index (χ4v) is 2.76. The molecule has 1 aromatic carbocycles. The van der Waals surface area contributed by atoms with Crippen molar-refractivity contribution < 1.29 is 9.90 Å². The maximum atomic E-state index is 11.3. The molecule has 21 heavy (non-hydrogen) atoms. The predicted octanol–water partition coefficient (Wildman–Crippen LogP) is 3.34. The highest BCUT2D eigenvalue weighted by Gasteiger charge is 2.14. The second kappa shape index (κ2) is 6.76. The summed E-state index contributed by atoms with van der Waals surface area (Å²) in [4.78, 5) is 11.3. The van der Waals surface area contributed by atoms with E-state index in [0.717, 1.165) is 43.3 Å². The standard InChI is InChI=1S/C17H24N2O2/c1-3-4-6-13-11-19(8-5-7-18)16-10-14(17(20)21)12(2)9-15(13)16/h9-11H,3-8,18H2,1-2H3,(H,20,21). The van der Waals surface area contributed by atoms with Gasteiger partial charge in [0.15, 0.2) is 0 Å². The lowest BCUT2D eigenvalue weighted by Crippen LogP contribution is -2.05. The summed E-state index contributed by atoms with van der Waals surface area (Å²) in [6.07, 6.45) is 6.40. The molecule has 1 aromatic heterocycles. The molecular formula is C17H24N2O2. The van der Waals surface area contributed by atoms with Crippen LogP contribution in [0.3, 0.4) is 0 Å². The van der Waals surface area contributed by atoms with Gasteiger partial charge in [-0.15, -0.1) is 0 Å². The van der Waals surface area contributed by atoms with Crippen LogP contribution in [0.2, 0.25) is 0 Å². The number of aromatic carboxylic acids is 1. The van der Waals surface area contributed by atoms with E-state index in [0.29, 0.717) is 12.1 Å². The van der Waals surface area contributed by atoms with Crippen LogP contribution in [-0.4, -0.2) is 22.2 Å². The lowest BCUT2D eigenvalue weighted by Gasteiger charge is -2.06. The number of hydrogen-bond acceptors (Lipinski definition) is 2. The smallest absolute Gasteiger partial charge is 0.336 e. The zero-order valence-corrected chi connectivity index (χ0v) is 12.9. The average molecular weight is 288 g/mol. The van der Waals surface area contributed by atoms with E-state index in [1.807, 2.05) is 13.0 Å². The van der Waals surface area contributed by atoms with Crippen LogP contribution in [0.5, 0.6) is 0 Å². The second-order valence-corrected chi connectivity index (χ2v) is 5.58. The molecule has 1 heterocycles. The number of nitrogens with two attached hydrogens (primary N) is 1. The van der Waals surface area contributed by atoms with Crippen molar-refractivity contribution in [2.24, 2.45) is 5.73 Å². The number of hydrogen-bond donors (Lipinski definition) is 2. The maximum absolute atomic E-state index is 11.3. The number of carboxylic acid groups (broad SMARTS) is 1. The van der Waals surface area contributed by atoms with Gasteiger partial charge in [-0.3, -0.25) is 0 Å². The molecular weight excluding hydrogens is 264 g/mol. The van der Waals surface area contributed by atoms with Gasteiger partial charge in [0, 0.05) is 23.6 Å². The molecule has 0 radical (unpaired) electrons. The fourth-order valence-electron chi connectivity index (χ4n) is 2.76. The van der Waals surface area contributed by atoms with Crippen LogP contribution in [0.15, 0.2) is 18.3 Å². The lowest BCUT2D eigenvalue weighted by molar-refractivity contribution is 0.0696. The zero-order valence-electron chi connectivity index (χ0n) is 12.9. The van der Waals surface area contributed by atoms with Gasteiger partial charge in [0.05, 0.1) is 5.56 Å². The minimum absolute atomic E-state index is 0.386.